The van der Waals surface area contributed by atoms with E-state index in [2.05, 4.69) is 0 Å². The van der Waals surface area contributed by atoms with Gasteiger partial charge >= 0.3 is 106 Å². The average Bonchev–Trinajstić information content (AvgIpc) is 2.33. The average molecular weight is 277 g/mol. The molecule has 0 atom stereocenters. The van der Waals surface area contributed by atoms with Gasteiger partial charge in [-0.25, -0.2) is 0 Å². The molecule has 0 heterocycles. The molecule has 0 saturated carbocycles. The smallest absolute Gasteiger partial charge is 0.512 e. The van der Waals surface area contributed by atoms with E-state index in [4.69, 9.17) is 71.0 Å². The fourth-order valence-corrected chi connectivity index (χ4v) is 0. The molecule has 6 nitrogen and oxygen atoms in total. The summed E-state index contributed by atoms with van der Waals surface area (Å²) in [6, 6.07) is 0. The first-order valence-electron chi connectivity index (χ1n) is 1.34. The van der Waals surface area contributed by atoms with Gasteiger partial charge in [0.15, 0.2) is 0 Å². The van der Waals surface area contributed by atoms with Crippen LogP contribution < -0.4 is 88.7 Å². The van der Waals surface area contributed by atoms with Crippen LogP contribution in [0.1, 0.15) is 0 Å². The topological polar surface area (TPSA) is 143 Å². The molecule has 0 rings (SSSR count). The van der Waals surface area contributed by atoms with Crippen LogP contribution in [0.25, 0.3) is 0 Å². The van der Waals surface area contributed by atoms with Gasteiger partial charge in [0.25, 0.3) is 0 Å². The summed E-state index contributed by atoms with van der Waals surface area (Å²) in [4.78, 5) is 0. The van der Waals surface area contributed by atoms with Gasteiger partial charge in [0.1, 0.15) is 0 Å². The first-order chi connectivity index (χ1) is 6.00. The van der Waals surface area contributed by atoms with Crippen molar-refractivity contribution < 1.29 is 106 Å². The Morgan fingerprint density at radius 1 is 0.312 bits per heavy atom. The van der Waals surface area contributed by atoms with Gasteiger partial charge in [0.05, 0.1) is 0 Å². The summed E-state index contributed by atoms with van der Waals surface area (Å²) in [5.41, 5.74) is 0. The fraction of sp³-hybridized carbons (Fsp3) is 0. The summed E-state index contributed by atoms with van der Waals surface area (Å²) >= 11 is 0. The second-order valence-corrected chi connectivity index (χ2v) is 0. The Kier molecular flexibility index (Phi) is 85400. The van der Waals surface area contributed by atoms with Crippen LogP contribution in [0.4, 0.5) is 0 Å². The van der Waals surface area contributed by atoms with E-state index in [0.717, 1.165) is 0 Å². The standard InChI is InChI=1S/6CN.Cr.3Na/c6*1-2;;;;/q6*-1;+3;3*+1. The summed E-state index contributed by atoms with van der Waals surface area (Å²) < 4.78 is 0. The molecule has 0 saturated heterocycles. The molecule has 0 unspecified atom stereocenters. The van der Waals surface area contributed by atoms with Crippen molar-refractivity contribution in [2.45, 2.75) is 0 Å². The zero-order valence-electron chi connectivity index (χ0n) is 9.09. The van der Waals surface area contributed by atoms with Crippen LogP contribution in [0.15, 0.2) is 0 Å². The zero-order valence-corrected chi connectivity index (χ0v) is 16.4. The van der Waals surface area contributed by atoms with E-state index in [0.29, 0.717) is 0 Å². The van der Waals surface area contributed by atoms with Crippen LogP contribution in [0.2, 0.25) is 0 Å². The minimum Gasteiger partial charge on any atom is -0.512 e. The number of hydrogen-bond acceptors (Lipinski definition) is 6. The van der Waals surface area contributed by atoms with Gasteiger partial charge in [-0.15, -0.1) is 0 Å². The van der Waals surface area contributed by atoms with Gasteiger partial charge in [-0.1, -0.05) is 0 Å². The molecule has 0 N–H and O–H groups in total. The molecular weight excluding hydrogens is 277 g/mol. The van der Waals surface area contributed by atoms with Crippen LogP contribution in [-0.4, -0.2) is 0 Å². The number of hydrogen-bond donors (Lipinski definition) is 0. The van der Waals surface area contributed by atoms with Gasteiger partial charge in [-0.2, -0.15) is 0 Å². The quantitative estimate of drug-likeness (QED) is 0.318. The molecule has 0 aromatic heterocycles. The molecule has 16 heavy (non-hydrogen) atoms. The largest absolute Gasteiger partial charge is 3.00 e. The van der Waals surface area contributed by atoms with Crippen molar-refractivity contribution in [2.75, 3.05) is 0 Å². The predicted octanol–water partition coefficient (Wildman–Crippen LogP) is -8.41. The third kappa shape index (κ3) is 11800. The van der Waals surface area contributed by atoms with Crippen LogP contribution >= 0.6 is 0 Å². The minimum atomic E-state index is 0. The number of rotatable bonds is 0. The second-order valence-electron chi connectivity index (χ2n) is 0. The Morgan fingerprint density at radius 3 is 0.312 bits per heavy atom. The summed E-state index contributed by atoms with van der Waals surface area (Å²) in [5.74, 6) is 0. The minimum absolute atomic E-state index is 0. The van der Waals surface area contributed by atoms with Gasteiger partial charge in [0.2, 0.25) is 0 Å². The molecule has 0 aliphatic heterocycles. The summed E-state index contributed by atoms with van der Waals surface area (Å²) in [6.45, 7) is 28.5. The predicted molar refractivity (Wildman–Crippen MR) is 29.8 cm³/mol. The first-order valence-corrected chi connectivity index (χ1v) is 1.34. The molecule has 0 aromatic rings. The van der Waals surface area contributed by atoms with E-state index in [9.17, 15) is 0 Å². The Balaban J connectivity index is -0.00000000321. The molecular formula is C6CrN6Na3. The van der Waals surface area contributed by atoms with Crippen molar-refractivity contribution >= 4 is 0 Å². The zero-order chi connectivity index (χ0) is 12.0. The van der Waals surface area contributed by atoms with Gasteiger partial charge in [-0.05, 0) is 0 Å². The van der Waals surface area contributed by atoms with E-state index in [1.54, 1.807) is 0 Å². The SMILES string of the molecule is [C-]#N.[C-]#N.[C-]#N.[C-]#N.[C-]#N.[C-]#N.[Cr+3].[Na+].[Na+].[Na+]. The van der Waals surface area contributed by atoms with Crippen molar-refractivity contribution in [3.05, 3.63) is 39.4 Å². The molecule has 0 aliphatic carbocycles. The third-order valence-electron chi connectivity index (χ3n) is 0. The molecule has 0 fully saturated rings. The van der Waals surface area contributed by atoms with Gasteiger partial charge < -0.3 is 71.0 Å². The van der Waals surface area contributed by atoms with E-state index < -0.39 is 0 Å². The monoisotopic (exact) mass is 277 g/mol. The molecule has 0 aliphatic rings. The van der Waals surface area contributed by atoms with Crippen LogP contribution in [0.3, 0.4) is 0 Å². The summed E-state index contributed by atoms with van der Waals surface area (Å²) in [7, 11) is 0. The molecule has 0 aromatic carbocycles. The third-order valence-corrected chi connectivity index (χ3v) is 0. The maximum atomic E-state index is 6.25. The molecule has 0 spiro atoms. The summed E-state index contributed by atoms with van der Waals surface area (Å²) in [6.07, 6.45) is 0. The van der Waals surface area contributed by atoms with Crippen LogP contribution in [-0.2, 0) is 17.4 Å². The maximum Gasteiger partial charge on any atom is 3.00 e. The Morgan fingerprint density at radius 2 is 0.312 bits per heavy atom. The van der Waals surface area contributed by atoms with Crippen LogP contribution in [0, 0.1) is 71.0 Å². The van der Waals surface area contributed by atoms with E-state index in [-0.39, 0.29) is 106 Å². The first kappa shape index (κ1) is 94.1. The van der Waals surface area contributed by atoms with Crippen LogP contribution in [0.5, 0.6) is 0 Å². The van der Waals surface area contributed by atoms with Crippen molar-refractivity contribution in [1.82, 2.24) is 0 Å². The molecule has 63 valence electrons. The van der Waals surface area contributed by atoms with Crippen molar-refractivity contribution in [3.8, 4) is 0 Å². The fourth-order valence-electron chi connectivity index (χ4n) is 0. The molecule has 1 radical (unpaired) electrons. The van der Waals surface area contributed by atoms with E-state index in [1.807, 2.05) is 0 Å². The second kappa shape index (κ2) is 14500. The van der Waals surface area contributed by atoms with Gasteiger partial charge in [-0.3, -0.25) is 0 Å². The maximum absolute atomic E-state index is 6.25. The van der Waals surface area contributed by atoms with Crippen molar-refractivity contribution in [1.29, 1.82) is 31.6 Å². The van der Waals surface area contributed by atoms with Gasteiger partial charge in [0, 0.05) is 0 Å². The Bertz CT molecular complexity index is 103. The number of nitrogens with zero attached hydrogens (tertiary/aromatic N) is 6. The van der Waals surface area contributed by atoms with E-state index in [1.165, 1.54) is 0 Å². The molecule has 0 amide bonds. The van der Waals surface area contributed by atoms with E-state index >= 15 is 0 Å². The molecule has 10 heteroatoms. The molecule has 0 bridgehead atoms. The normalized spacial score (nSPS) is 0.750. The summed E-state index contributed by atoms with van der Waals surface area (Å²) in [5, 5.41) is 37.5. The Hall–Kier alpha value is 0.472. The van der Waals surface area contributed by atoms with Crippen molar-refractivity contribution in [2.24, 2.45) is 0 Å². The van der Waals surface area contributed by atoms with Crippen molar-refractivity contribution in [3.63, 3.8) is 0 Å². The Labute approximate surface area is 174 Å².